The molecule has 1 aromatic rings. The number of benzene rings is 1. The van der Waals surface area contributed by atoms with E-state index in [1.807, 2.05) is 13.1 Å². The highest BCUT2D eigenvalue weighted by atomic mass is 16.1. The van der Waals surface area contributed by atoms with E-state index in [9.17, 15) is 4.79 Å². The van der Waals surface area contributed by atoms with Gasteiger partial charge in [-0.15, -0.1) is 0 Å². The van der Waals surface area contributed by atoms with Crippen LogP contribution in [0.1, 0.15) is 19.8 Å². The lowest BCUT2D eigenvalue weighted by atomic mass is 10.2. The van der Waals surface area contributed by atoms with E-state index in [4.69, 9.17) is 0 Å². The predicted molar refractivity (Wildman–Crippen MR) is 80.5 cm³/mol. The predicted octanol–water partition coefficient (Wildman–Crippen LogP) is 1.63. The van der Waals surface area contributed by atoms with Gasteiger partial charge in [0.15, 0.2) is 0 Å². The van der Waals surface area contributed by atoms with Gasteiger partial charge in [-0.1, -0.05) is 18.2 Å². The number of nitrogens with zero attached hydrogens (tertiary/aromatic N) is 1. The van der Waals surface area contributed by atoms with Crippen LogP contribution < -0.4 is 15.5 Å². The molecule has 0 atom stereocenters. The summed E-state index contributed by atoms with van der Waals surface area (Å²) in [6, 6.07) is 10.4. The Morgan fingerprint density at radius 3 is 2.58 bits per heavy atom. The quantitative estimate of drug-likeness (QED) is 0.666. The molecule has 0 saturated carbocycles. The number of hydrogen-bond acceptors (Lipinski definition) is 3. The monoisotopic (exact) mass is 263 g/mol. The van der Waals surface area contributed by atoms with Gasteiger partial charge in [-0.3, -0.25) is 4.79 Å². The standard InChI is InChI=1S/C15H25N3O/c1-3-18(14-8-5-4-6-9-14)13-7-11-17-15(19)10-12-16-2/h4-6,8-9,16H,3,7,10-13H2,1-2H3,(H,17,19). The fourth-order valence-corrected chi connectivity index (χ4v) is 1.93. The van der Waals surface area contributed by atoms with E-state index in [2.05, 4.69) is 46.7 Å². The van der Waals surface area contributed by atoms with Crippen molar-refractivity contribution in [3.05, 3.63) is 30.3 Å². The Labute approximate surface area is 116 Å². The van der Waals surface area contributed by atoms with Crippen molar-refractivity contribution in [2.75, 3.05) is 38.1 Å². The number of amides is 1. The van der Waals surface area contributed by atoms with E-state index in [0.717, 1.165) is 32.6 Å². The minimum absolute atomic E-state index is 0.122. The smallest absolute Gasteiger partial charge is 0.221 e. The van der Waals surface area contributed by atoms with E-state index in [1.165, 1.54) is 5.69 Å². The zero-order chi connectivity index (χ0) is 13.9. The van der Waals surface area contributed by atoms with Gasteiger partial charge in [-0.05, 0) is 32.5 Å². The lowest BCUT2D eigenvalue weighted by Crippen LogP contribution is -2.31. The molecule has 1 rings (SSSR count). The summed E-state index contributed by atoms with van der Waals surface area (Å²) in [5.41, 5.74) is 1.24. The second kappa shape index (κ2) is 9.39. The van der Waals surface area contributed by atoms with Gasteiger partial charge in [0, 0.05) is 38.3 Å². The van der Waals surface area contributed by atoms with Crippen LogP contribution in [0.4, 0.5) is 5.69 Å². The molecule has 1 aromatic carbocycles. The normalized spacial score (nSPS) is 10.2. The molecule has 0 unspecified atom stereocenters. The Bertz CT molecular complexity index is 354. The fraction of sp³-hybridized carbons (Fsp3) is 0.533. The van der Waals surface area contributed by atoms with E-state index in [0.29, 0.717) is 6.42 Å². The van der Waals surface area contributed by atoms with Gasteiger partial charge >= 0.3 is 0 Å². The van der Waals surface area contributed by atoms with Gasteiger partial charge in [-0.25, -0.2) is 0 Å². The van der Waals surface area contributed by atoms with Gasteiger partial charge < -0.3 is 15.5 Å². The van der Waals surface area contributed by atoms with Crippen LogP contribution in [0.2, 0.25) is 0 Å². The largest absolute Gasteiger partial charge is 0.372 e. The first-order valence-corrected chi connectivity index (χ1v) is 6.99. The maximum atomic E-state index is 11.4. The van der Waals surface area contributed by atoms with Crippen LogP contribution in [-0.4, -0.2) is 39.1 Å². The molecule has 0 fully saturated rings. The molecule has 0 aromatic heterocycles. The topological polar surface area (TPSA) is 44.4 Å². The molecule has 0 aliphatic heterocycles. The molecule has 0 saturated heterocycles. The van der Waals surface area contributed by atoms with Crippen LogP contribution in [-0.2, 0) is 4.79 Å². The number of hydrogen-bond donors (Lipinski definition) is 2. The number of carbonyl (C=O) groups is 1. The summed E-state index contributed by atoms with van der Waals surface area (Å²) in [6.07, 6.45) is 1.51. The molecular weight excluding hydrogens is 238 g/mol. The molecule has 0 spiro atoms. The first kappa shape index (κ1) is 15.5. The van der Waals surface area contributed by atoms with E-state index in [1.54, 1.807) is 0 Å². The molecule has 19 heavy (non-hydrogen) atoms. The Hall–Kier alpha value is -1.55. The number of para-hydroxylation sites is 1. The van der Waals surface area contributed by atoms with Gasteiger partial charge in [0.05, 0.1) is 0 Å². The molecule has 2 N–H and O–H groups in total. The van der Waals surface area contributed by atoms with Crippen molar-refractivity contribution in [2.45, 2.75) is 19.8 Å². The summed E-state index contributed by atoms with van der Waals surface area (Å²) in [5, 5.41) is 5.91. The highest BCUT2D eigenvalue weighted by molar-refractivity contribution is 5.75. The third kappa shape index (κ3) is 6.25. The molecule has 106 valence electrons. The molecule has 4 heteroatoms. The molecule has 4 nitrogen and oxygen atoms in total. The first-order valence-electron chi connectivity index (χ1n) is 6.99. The second-order valence-corrected chi connectivity index (χ2v) is 4.47. The molecule has 0 aliphatic rings. The minimum Gasteiger partial charge on any atom is -0.372 e. The van der Waals surface area contributed by atoms with Crippen molar-refractivity contribution in [2.24, 2.45) is 0 Å². The zero-order valence-corrected chi connectivity index (χ0v) is 12.0. The maximum absolute atomic E-state index is 11.4. The molecular formula is C15H25N3O. The molecule has 0 radical (unpaired) electrons. The molecule has 0 heterocycles. The maximum Gasteiger partial charge on any atom is 0.221 e. The van der Waals surface area contributed by atoms with Crippen LogP contribution in [0.5, 0.6) is 0 Å². The molecule has 0 aliphatic carbocycles. The molecule has 0 bridgehead atoms. The summed E-state index contributed by atoms with van der Waals surface area (Å²) in [6.45, 7) is 5.58. The first-order chi connectivity index (χ1) is 9.27. The molecule has 1 amide bonds. The summed E-state index contributed by atoms with van der Waals surface area (Å²) in [7, 11) is 1.85. The van der Waals surface area contributed by atoms with E-state index < -0.39 is 0 Å². The van der Waals surface area contributed by atoms with Crippen LogP contribution in [0.25, 0.3) is 0 Å². The third-order valence-electron chi connectivity index (χ3n) is 3.03. The van der Waals surface area contributed by atoms with Crippen molar-refractivity contribution < 1.29 is 4.79 Å². The van der Waals surface area contributed by atoms with Crippen molar-refractivity contribution in [3.8, 4) is 0 Å². The second-order valence-electron chi connectivity index (χ2n) is 4.47. The minimum atomic E-state index is 0.122. The number of carbonyl (C=O) groups excluding carboxylic acids is 1. The number of rotatable bonds is 9. The van der Waals surface area contributed by atoms with Crippen molar-refractivity contribution >= 4 is 11.6 Å². The SMILES string of the molecule is CCN(CCCNC(=O)CCNC)c1ccccc1. The highest BCUT2D eigenvalue weighted by Gasteiger charge is 2.03. The summed E-state index contributed by atoms with van der Waals surface area (Å²) in [5.74, 6) is 0.122. The van der Waals surface area contributed by atoms with Crippen LogP contribution >= 0.6 is 0 Å². The van der Waals surface area contributed by atoms with Gasteiger partial charge in [0.2, 0.25) is 5.91 Å². The van der Waals surface area contributed by atoms with Crippen molar-refractivity contribution in [1.82, 2.24) is 10.6 Å². The van der Waals surface area contributed by atoms with Crippen molar-refractivity contribution in [1.29, 1.82) is 0 Å². The van der Waals surface area contributed by atoms with E-state index >= 15 is 0 Å². The van der Waals surface area contributed by atoms with Gasteiger partial charge in [0.25, 0.3) is 0 Å². The van der Waals surface area contributed by atoms with Gasteiger partial charge in [0.1, 0.15) is 0 Å². The average molecular weight is 263 g/mol. The lowest BCUT2D eigenvalue weighted by molar-refractivity contribution is -0.120. The van der Waals surface area contributed by atoms with Crippen molar-refractivity contribution in [3.63, 3.8) is 0 Å². The Morgan fingerprint density at radius 1 is 1.21 bits per heavy atom. The number of anilines is 1. The highest BCUT2D eigenvalue weighted by Crippen LogP contribution is 2.12. The summed E-state index contributed by atoms with van der Waals surface area (Å²) < 4.78 is 0. The van der Waals surface area contributed by atoms with Crippen LogP contribution in [0.3, 0.4) is 0 Å². The van der Waals surface area contributed by atoms with Gasteiger partial charge in [-0.2, -0.15) is 0 Å². The lowest BCUT2D eigenvalue weighted by Gasteiger charge is -2.23. The van der Waals surface area contributed by atoms with E-state index in [-0.39, 0.29) is 5.91 Å². The van der Waals surface area contributed by atoms with Crippen LogP contribution in [0, 0.1) is 0 Å². The summed E-state index contributed by atoms with van der Waals surface area (Å²) in [4.78, 5) is 13.7. The third-order valence-corrected chi connectivity index (χ3v) is 3.03. The average Bonchev–Trinajstić information content (AvgIpc) is 2.46. The van der Waals surface area contributed by atoms with Crippen LogP contribution in [0.15, 0.2) is 30.3 Å². The fourth-order valence-electron chi connectivity index (χ4n) is 1.93. The Balaban J connectivity index is 2.22. The summed E-state index contributed by atoms with van der Waals surface area (Å²) >= 11 is 0. The zero-order valence-electron chi connectivity index (χ0n) is 12.0. The number of nitrogens with one attached hydrogen (secondary N) is 2. The Kier molecular flexibility index (Phi) is 7.66. The Morgan fingerprint density at radius 2 is 1.95 bits per heavy atom.